The monoisotopic (exact) mass is 283 g/mol. The molecule has 0 aliphatic heterocycles. The van der Waals surface area contributed by atoms with Crippen LogP contribution in [0.2, 0.25) is 0 Å². The molecule has 0 amide bonds. The van der Waals surface area contributed by atoms with E-state index in [0.717, 1.165) is 11.3 Å². The number of nitrogen functional groups attached to an aromatic ring is 1. The zero-order valence-corrected chi connectivity index (χ0v) is 12.2. The van der Waals surface area contributed by atoms with Gasteiger partial charge in [-0.2, -0.15) is 10.1 Å². The molecule has 0 atom stereocenters. The van der Waals surface area contributed by atoms with Gasteiger partial charge in [0, 0.05) is 18.9 Å². The van der Waals surface area contributed by atoms with E-state index in [-0.39, 0.29) is 0 Å². The quantitative estimate of drug-likeness (QED) is 0.746. The highest BCUT2D eigenvalue weighted by Crippen LogP contribution is 2.31. The van der Waals surface area contributed by atoms with Crippen molar-refractivity contribution >= 4 is 5.69 Å². The van der Waals surface area contributed by atoms with Crippen molar-refractivity contribution in [2.45, 2.75) is 19.3 Å². The molecule has 2 heterocycles. The van der Waals surface area contributed by atoms with Crippen molar-refractivity contribution in [1.82, 2.24) is 19.9 Å². The maximum atomic E-state index is 5.73. The molecule has 0 radical (unpaired) electrons. The first-order valence-corrected chi connectivity index (χ1v) is 6.67. The van der Waals surface area contributed by atoms with Crippen LogP contribution < -0.4 is 5.73 Å². The van der Waals surface area contributed by atoms with Crippen LogP contribution in [0.3, 0.4) is 0 Å². The molecule has 21 heavy (non-hydrogen) atoms. The highest BCUT2D eigenvalue weighted by molar-refractivity contribution is 5.48. The second kappa shape index (κ2) is 4.73. The van der Waals surface area contributed by atoms with Crippen LogP contribution >= 0.6 is 0 Å². The number of benzene rings is 1. The fourth-order valence-electron chi connectivity index (χ4n) is 2.14. The Bertz CT molecular complexity index is 754. The molecule has 0 saturated carbocycles. The van der Waals surface area contributed by atoms with Gasteiger partial charge in [0.1, 0.15) is 5.69 Å². The number of hydrogen-bond donors (Lipinski definition) is 1. The van der Waals surface area contributed by atoms with Crippen molar-refractivity contribution in [1.29, 1.82) is 0 Å². The molecule has 3 rings (SSSR count). The summed E-state index contributed by atoms with van der Waals surface area (Å²) >= 11 is 0. The van der Waals surface area contributed by atoms with Gasteiger partial charge in [0.05, 0.1) is 5.41 Å². The van der Waals surface area contributed by atoms with E-state index in [4.69, 9.17) is 10.3 Å². The summed E-state index contributed by atoms with van der Waals surface area (Å²) in [7, 11) is 1.85. The molecule has 0 aliphatic carbocycles. The first-order chi connectivity index (χ1) is 9.96. The third kappa shape index (κ3) is 2.40. The summed E-state index contributed by atoms with van der Waals surface area (Å²) in [5.41, 5.74) is 7.82. The molecular weight excluding hydrogens is 266 g/mol. The number of rotatable bonds is 3. The third-order valence-corrected chi connectivity index (χ3v) is 3.54. The normalized spacial score (nSPS) is 11.8. The fourth-order valence-corrected chi connectivity index (χ4v) is 2.14. The van der Waals surface area contributed by atoms with Crippen molar-refractivity contribution in [3.8, 4) is 11.5 Å². The van der Waals surface area contributed by atoms with Gasteiger partial charge in [-0.25, -0.2) is 0 Å². The highest BCUT2D eigenvalue weighted by atomic mass is 16.5. The number of aryl methyl sites for hydroxylation is 1. The van der Waals surface area contributed by atoms with E-state index in [1.54, 1.807) is 4.68 Å². The Morgan fingerprint density at radius 1 is 1.14 bits per heavy atom. The van der Waals surface area contributed by atoms with Crippen LogP contribution in [0.5, 0.6) is 0 Å². The summed E-state index contributed by atoms with van der Waals surface area (Å²) in [6.07, 6.45) is 1.84. The van der Waals surface area contributed by atoms with Gasteiger partial charge in [-0.15, -0.1) is 0 Å². The van der Waals surface area contributed by atoms with Crippen LogP contribution in [0, 0.1) is 0 Å². The lowest BCUT2D eigenvalue weighted by atomic mass is 9.84. The Kier molecular flexibility index (Phi) is 3.01. The van der Waals surface area contributed by atoms with Gasteiger partial charge >= 0.3 is 0 Å². The summed E-state index contributed by atoms with van der Waals surface area (Å²) in [6, 6.07) is 9.53. The Morgan fingerprint density at radius 2 is 1.86 bits per heavy atom. The van der Waals surface area contributed by atoms with Crippen LogP contribution in [-0.4, -0.2) is 19.9 Å². The summed E-state index contributed by atoms with van der Waals surface area (Å²) in [5, 5.41) is 8.30. The van der Waals surface area contributed by atoms with Crippen LogP contribution in [0.25, 0.3) is 11.5 Å². The fraction of sp³-hybridized carbons (Fsp3) is 0.267. The van der Waals surface area contributed by atoms with Gasteiger partial charge in [0.15, 0.2) is 0 Å². The third-order valence-electron chi connectivity index (χ3n) is 3.54. The Hall–Kier alpha value is -2.63. The molecule has 6 heteroatoms. The molecule has 0 spiro atoms. The van der Waals surface area contributed by atoms with Crippen molar-refractivity contribution < 1.29 is 4.52 Å². The van der Waals surface area contributed by atoms with Crippen molar-refractivity contribution in [3.05, 3.63) is 48.0 Å². The number of nitrogens with zero attached hydrogens (tertiary/aromatic N) is 4. The zero-order chi connectivity index (χ0) is 15.0. The van der Waals surface area contributed by atoms with E-state index in [1.165, 1.54) is 0 Å². The second-order valence-corrected chi connectivity index (χ2v) is 5.54. The minimum Gasteiger partial charge on any atom is -0.399 e. The second-order valence-electron chi connectivity index (χ2n) is 5.54. The molecule has 0 fully saturated rings. The summed E-state index contributed by atoms with van der Waals surface area (Å²) < 4.78 is 7.14. The number of anilines is 1. The smallest absolute Gasteiger partial charge is 0.237 e. The number of aromatic nitrogens is 4. The molecule has 108 valence electrons. The molecule has 0 saturated heterocycles. The van der Waals surface area contributed by atoms with Gasteiger partial charge in [0.25, 0.3) is 0 Å². The first-order valence-electron chi connectivity index (χ1n) is 6.67. The van der Waals surface area contributed by atoms with Gasteiger partial charge < -0.3 is 10.3 Å². The SMILES string of the molecule is Cn1ccc(-c2noc(C(C)(C)c3ccc(N)cc3)n2)n1. The molecule has 0 bridgehead atoms. The van der Waals surface area contributed by atoms with E-state index < -0.39 is 5.41 Å². The molecule has 2 aromatic heterocycles. The lowest BCUT2D eigenvalue weighted by Crippen LogP contribution is -2.19. The van der Waals surface area contributed by atoms with Crippen LogP contribution in [0.15, 0.2) is 41.1 Å². The van der Waals surface area contributed by atoms with Crippen molar-refractivity contribution in [2.24, 2.45) is 7.05 Å². The predicted octanol–water partition coefficient (Wildman–Crippen LogP) is 2.38. The topological polar surface area (TPSA) is 82.8 Å². The average molecular weight is 283 g/mol. The van der Waals surface area contributed by atoms with E-state index in [0.29, 0.717) is 17.4 Å². The Balaban J connectivity index is 1.96. The number of nitrogens with two attached hydrogens (primary N) is 1. The summed E-state index contributed by atoms with van der Waals surface area (Å²) in [5.74, 6) is 1.04. The molecule has 0 aliphatic rings. The lowest BCUT2D eigenvalue weighted by Gasteiger charge is -2.20. The maximum Gasteiger partial charge on any atom is 0.237 e. The molecule has 3 aromatic rings. The van der Waals surface area contributed by atoms with Crippen molar-refractivity contribution in [2.75, 3.05) is 5.73 Å². The largest absolute Gasteiger partial charge is 0.399 e. The van der Waals surface area contributed by atoms with Crippen LogP contribution in [0.4, 0.5) is 5.69 Å². The Labute approximate surface area is 122 Å². The number of hydrogen-bond acceptors (Lipinski definition) is 5. The predicted molar refractivity (Wildman–Crippen MR) is 79.5 cm³/mol. The highest BCUT2D eigenvalue weighted by Gasteiger charge is 2.30. The maximum absolute atomic E-state index is 5.73. The first kappa shape index (κ1) is 13.4. The Morgan fingerprint density at radius 3 is 2.48 bits per heavy atom. The molecule has 1 aromatic carbocycles. The van der Waals surface area contributed by atoms with Crippen LogP contribution in [-0.2, 0) is 12.5 Å². The van der Waals surface area contributed by atoms with E-state index in [1.807, 2.05) is 57.4 Å². The van der Waals surface area contributed by atoms with E-state index >= 15 is 0 Å². The molecule has 6 nitrogen and oxygen atoms in total. The summed E-state index contributed by atoms with van der Waals surface area (Å²) in [6.45, 7) is 4.07. The van der Waals surface area contributed by atoms with E-state index in [9.17, 15) is 0 Å². The van der Waals surface area contributed by atoms with Crippen molar-refractivity contribution in [3.63, 3.8) is 0 Å². The van der Waals surface area contributed by atoms with Gasteiger partial charge in [-0.05, 0) is 37.6 Å². The van der Waals surface area contributed by atoms with Gasteiger partial charge in [-0.3, -0.25) is 4.68 Å². The standard InChI is InChI=1S/C15H17N5O/c1-15(2,10-4-6-11(16)7-5-10)14-17-13(19-21-14)12-8-9-20(3)18-12/h4-9H,16H2,1-3H3. The lowest BCUT2D eigenvalue weighted by molar-refractivity contribution is 0.333. The average Bonchev–Trinajstić information content (AvgIpc) is 3.08. The van der Waals surface area contributed by atoms with Gasteiger partial charge in [-0.1, -0.05) is 17.3 Å². The van der Waals surface area contributed by atoms with Crippen LogP contribution in [0.1, 0.15) is 25.3 Å². The van der Waals surface area contributed by atoms with Gasteiger partial charge in [0.2, 0.25) is 11.7 Å². The molecule has 0 unspecified atom stereocenters. The molecule has 2 N–H and O–H groups in total. The van der Waals surface area contributed by atoms with E-state index in [2.05, 4.69) is 15.2 Å². The minimum absolute atomic E-state index is 0.395. The zero-order valence-electron chi connectivity index (χ0n) is 12.2. The minimum atomic E-state index is -0.395. The molecular formula is C15H17N5O. The summed E-state index contributed by atoms with van der Waals surface area (Å²) in [4.78, 5) is 4.48.